The highest BCUT2D eigenvalue weighted by molar-refractivity contribution is 9.10. The van der Waals surface area contributed by atoms with E-state index in [-0.39, 0.29) is 18.4 Å². The molecule has 0 bridgehead atoms. The third-order valence-corrected chi connectivity index (χ3v) is 4.90. The fourth-order valence-electron chi connectivity index (χ4n) is 3.18. The van der Waals surface area contributed by atoms with Crippen molar-refractivity contribution in [2.45, 2.75) is 18.9 Å². The van der Waals surface area contributed by atoms with E-state index in [9.17, 15) is 14.4 Å². The summed E-state index contributed by atoms with van der Waals surface area (Å²) in [6, 6.07) is 8.28. The Morgan fingerprint density at radius 2 is 1.91 bits per heavy atom. The van der Waals surface area contributed by atoms with Gasteiger partial charge in [-0.3, -0.25) is 19.8 Å². The van der Waals surface area contributed by atoms with Crippen LogP contribution < -0.4 is 15.5 Å². The molecular weight excluding hydrogens is 362 g/mol. The van der Waals surface area contributed by atoms with Gasteiger partial charge in [-0.2, -0.15) is 0 Å². The van der Waals surface area contributed by atoms with Gasteiger partial charge in [0.1, 0.15) is 6.04 Å². The molecule has 0 saturated carbocycles. The average molecular weight is 374 g/mol. The molecule has 1 saturated heterocycles. The number of amides is 4. The first kappa shape index (κ1) is 14.2. The van der Waals surface area contributed by atoms with Crippen molar-refractivity contribution < 1.29 is 14.4 Å². The second-order valence-corrected chi connectivity index (χ2v) is 6.42. The summed E-state index contributed by atoms with van der Waals surface area (Å²) in [4.78, 5) is 37.5. The van der Waals surface area contributed by atoms with Gasteiger partial charge in [0.15, 0.2) is 0 Å². The van der Waals surface area contributed by atoms with E-state index >= 15 is 0 Å². The maximum absolute atomic E-state index is 12.5. The molecule has 1 fully saturated rings. The van der Waals surface area contributed by atoms with Crippen molar-refractivity contribution >= 4 is 55.9 Å². The molecule has 4 amide bonds. The molecule has 0 aliphatic carbocycles. The molecule has 2 aliphatic rings. The lowest BCUT2D eigenvalue weighted by Gasteiger charge is -2.36. The van der Waals surface area contributed by atoms with Gasteiger partial charge in [-0.25, -0.2) is 4.79 Å². The number of carbonyl (C=O) groups is 3. The summed E-state index contributed by atoms with van der Waals surface area (Å²) in [5.74, 6) is -0.739. The summed E-state index contributed by atoms with van der Waals surface area (Å²) in [5, 5.41) is 6.97. The molecule has 2 aromatic rings. The van der Waals surface area contributed by atoms with Crippen LogP contribution in [0.4, 0.5) is 16.2 Å². The van der Waals surface area contributed by atoms with Crippen LogP contribution in [0.3, 0.4) is 0 Å². The lowest BCUT2D eigenvalue weighted by Crippen LogP contribution is -2.56. The van der Waals surface area contributed by atoms with Crippen molar-refractivity contribution in [3.05, 3.63) is 34.8 Å². The molecule has 1 atom stereocenters. The Morgan fingerprint density at radius 3 is 2.70 bits per heavy atom. The molecule has 7 heteroatoms. The SMILES string of the molecule is O=C1CCC(N2C(=O)Nc3ccc(Br)c4cccc2c34)C(=O)N1. The number of rotatable bonds is 1. The smallest absolute Gasteiger partial charge is 0.307 e. The van der Waals surface area contributed by atoms with Crippen LogP contribution in [0.15, 0.2) is 34.8 Å². The fraction of sp³-hybridized carbons (Fsp3) is 0.188. The van der Waals surface area contributed by atoms with Gasteiger partial charge in [0.25, 0.3) is 0 Å². The van der Waals surface area contributed by atoms with E-state index in [0.29, 0.717) is 17.8 Å². The van der Waals surface area contributed by atoms with Crippen LogP contribution in [0.5, 0.6) is 0 Å². The standard InChI is InChI=1S/C16H12BrN3O3/c17-9-4-5-10-14-8(9)2-1-3-11(14)20(16(23)18-10)12-6-7-13(21)19-15(12)22/h1-5,12H,6-7H2,(H,18,23)(H,19,21,22). The molecule has 2 aromatic carbocycles. The Kier molecular flexibility index (Phi) is 3.12. The molecule has 0 spiro atoms. The third kappa shape index (κ3) is 2.11. The Balaban J connectivity index is 1.90. The van der Waals surface area contributed by atoms with Crippen molar-refractivity contribution in [3.8, 4) is 0 Å². The number of anilines is 2. The summed E-state index contributed by atoms with van der Waals surface area (Å²) in [7, 11) is 0. The maximum atomic E-state index is 12.5. The van der Waals surface area contributed by atoms with Crippen molar-refractivity contribution in [2.75, 3.05) is 10.2 Å². The van der Waals surface area contributed by atoms with Crippen LogP contribution in [0.1, 0.15) is 12.8 Å². The predicted molar refractivity (Wildman–Crippen MR) is 89.3 cm³/mol. The number of nitrogens with one attached hydrogen (secondary N) is 2. The second-order valence-electron chi connectivity index (χ2n) is 5.56. The largest absolute Gasteiger partial charge is 0.327 e. The molecule has 23 heavy (non-hydrogen) atoms. The number of imide groups is 1. The van der Waals surface area contributed by atoms with Gasteiger partial charge < -0.3 is 5.32 Å². The number of urea groups is 1. The summed E-state index contributed by atoms with van der Waals surface area (Å²) >= 11 is 3.51. The van der Waals surface area contributed by atoms with E-state index in [1.165, 1.54) is 4.90 Å². The van der Waals surface area contributed by atoms with Crippen molar-refractivity contribution in [3.63, 3.8) is 0 Å². The van der Waals surface area contributed by atoms with Gasteiger partial charge in [0.05, 0.1) is 11.4 Å². The van der Waals surface area contributed by atoms with E-state index in [4.69, 9.17) is 0 Å². The van der Waals surface area contributed by atoms with Gasteiger partial charge >= 0.3 is 6.03 Å². The molecule has 0 aromatic heterocycles. The molecule has 4 rings (SSSR count). The fourth-order valence-corrected chi connectivity index (χ4v) is 3.64. The summed E-state index contributed by atoms with van der Waals surface area (Å²) in [5.41, 5.74) is 1.39. The highest BCUT2D eigenvalue weighted by Crippen LogP contribution is 2.41. The number of hydrogen-bond acceptors (Lipinski definition) is 3. The number of benzene rings is 2. The van der Waals surface area contributed by atoms with Gasteiger partial charge in [0.2, 0.25) is 11.8 Å². The normalized spacial score (nSPS) is 20.5. The molecule has 1 unspecified atom stereocenters. The number of piperidine rings is 1. The van der Waals surface area contributed by atoms with Crippen LogP contribution in [0, 0.1) is 0 Å². The Bertz CT molecular complexity index is 880. The topological polar surface area (TPSA) is 78.5 Å². The number of carbonyl (C=O) groups excluding carboxylic acids is 3. The summed E-state index contributed by atoms with van der Waals surface area (Å²) in [6.07, 6.45) is 0.541. The van der Waals surface area contributed by atoms with E-state index in [1.54, 1.807) is 0 Å². The molecule has 2 aliphatic heterocycles. The molecule has 6 nitrogen and oxygen atoms in total. The van der Waals surface area contributed by atoms with Crippen molar-refractivity contribution in [1.29, 1.82) is 0 Å². The Hall–Kier alpha value is -2.41. The monoisotopic (exact) mass is 373 g/mol. The van der Waals surface area contributed by atoms with Crippen LogP contribution in [-0.2, 0) is 9.59 Å². The minimum absolute atomic E-state index is 0.224. The minimum Gasteiger partial charge on any atom is -0.307 e. The van der Waals surface area contributed by atoms with Crippen LogP contribution in [-0.4, -0.2) is 23.9 Å². The Labute approximate surface area is 140 Å². The molecule has 2 heterocycles. The van der Waals surface area contributed by atoms with Crippen molar-refractivity contribution in [1.82, 2.24) is 5.32 Å². The average Bonchev–Trinajstić information content (AvgIpc) is 2.52. The summed E-state index contributed by atoms with van der Waals surface area (Å²) < 4.78 is 0.914. The van der Waals surface area contributed by atoms with Gasteiger partial charge in [-0.1, -0.05) is 28.1 Å². The van der Waals surface area contributed by atoms with Gasteiger partial charge in [0, 0.05) is 21.7 Å². The van der Waals surface area contributed by atoms with Gasteiger partial charge in [-0.05, 0) is 24.6 Å². The predicted octanol–water partition coefficient (Wildman–Crippen LogP) is 2.76. The first-order valence-electron chi connectivity index (χ1n) is 7.21. The zero-order valence-electron chi connectivity index (χ0n) is 11.9. The zero-order chi connectivity index (χ0) is 16.1. The van der Waals surface area contributed by atoms with E-state index in [0.717, 1.165) is 15.2 Å². The van der Waals surface area contributed by atoms with E-state index < -0.39 is 11.9 Å². The molecule has 2 N–H and O–H groups in total. The highest BCUT2D eigenvalue weighted by atomic mass is 79.9. The lowest BCUT2D eigenvalue weighted by atomic mass is 9.99. The first-order chi connectivity index (χ1) is 11.1. The summed E-state index contributed by atoms with van der Waals surface area (Å²) in [6.45, 7) is 0. The molecule has 0 radical (unpaired) electrons. The first-order valence-corrected chi connectivity index (χ1v) is 8.00. The van der Waals surface area contributed by atoms with E-state index in [1.807, 2.05) is 30.3 Å². The van der Waals surface area contributed by atoms with Gasteiger partial charge in [-0.15, -0.1) is 0 Å². The minimum atomic E-state index is -0.689. The van der Waals surface area contributed by atoms with Crippen LogP contribution in [0.2, 0.25) is 0 Å². The second kappa shape index (κ2) is 5.06. The number of hydrogen-bond donors (Lipinski definition) is 2. The lowest BCUT2D eigenvalue weighted by molar-refractivity contribution is -0.134. The molecule has 116 valence electrons. The highest BCUT2D eigenvalue weighted by Gasteiger charge is 2.38. The van der Waals surface area contributed by atoms with Crippen molar-refractivity contribution in [2.24, 2.45) is 0 Å². The zero-order valence-corrected chi connectivity index (χ0v) is 13.5. The number of halogens is 1. The third-order valence-electron chi connectivity index (χ3n) is 4.21. The quantitative estimate of drug-likeness (QED) is 0.754. The molecular formula is C16H12BrN3O3. The van der Waals surface area contributed by atoms with Crippen LogP contribution in [0.25, 0.3) is 10.8 Å². The maximum Gasteiger partial charge on any atom is 0.327 e. The number of nitrogens with zero attached hydrogens (tertiary/aromatic N) is 1. The van der Waals surface area contributed by atoms with E-state index in [2.05, 4.69) is 26.6 Å². The van der Waals surface area contributed by atoms with Crippen LogP contribution >= 0.6 is 15.9 Å². The Morgan fingerprint density at radius 1 is 1.09 bits per heavy atom.